The average molecular weight is 380 g/mol. The van der Waals surface area contributed by atoms with Crippen LogP contribution >= 0.6 is 0 Å². The van der Waals surface area contributed by atoms with E-state index >= 15 is 0 Å². The van der Waals surface area contributed by atoms with E-state index in [0.29, 0.717) is 17.1 Å². The molecule has 0 aliphatic heterocycles. The zero-order chi connectivity index (χ0) is 20.4. The molecule has 2 rings (SSSR count). The maximum absolute atomic E-state index is 12.7. The molecule has 148 valence electrons. The molecular weight excluding hydrogens is 356 g/mol. The summed E-state index contributed by atoms with van der Waals surface area (Å²) in [5, 5.41) is 10.8. The van der Waals surface area contributed by atoms with Crippen LogP contribution in [0.25, 0.3) is 0 Å². The van der Waals surface area contributed by atoms with Crippen LogP contribution in [0.3, 0.4) is 0 Å². The third kappa shape index (κ3) is 3.75. The summed E-state index contributed by atoms with van der Waals surface area (Å²) < 4.78 is 20.1. The lowest BCUT2D eigenvalue weighted by Gasteiger charge is -2.43. The van der Waals surface area contributed by atoms with Gasteiger partial charge in [0.15, 0.2) is 17.3 Å². The van der Waals surface area contributed by atoms with Gasteiger partial charge in [-0.2, -0.15) is 0 Å². The monoisotopic (exact) mass is 380 g/mol. The second-order valence-corrected chi connectivity index (χ2v) is 6.64. The molecule has 0 spiro atoms. The summed E-state index contributed by atoms with van der Waals surface area (Å²) in [5.41, 5.74) is -1.24. The highest BCUT2D eigenvalue weighted by atomic mass is 16.5. The number of ketones is 1. The first-order chi connectivity index (χ1) is 12.7. The van der Waals surface area contributed by atoms with Gasteiger partial charge in [0.1, 0.15) is 5.92 Å². The Morgan fingerprint density at radius 3 is 2.15 bits per heavy atom. The molecule has 8 heteroatoms. The fraction of sp³-hybridized carbons (Fsp3) is 0.526. The molecule has 1 fully saturated rings. The van der Waals surface area contributed by atoms with E-state index in [1.165, 1.54) is 35.4 Å². The van der Waals surface area contributed by atoms with Crippen molar-refractivity contribution in [1.82, 2.24) is 0 Å². The van der Waals surface area contributed by atoms with Crippen LogP contribution in [0.2, 0.25) is 0 Å². The molecule has 0 bridgehead atoms. The molecule has 0 heterocycles. The zero-order valence-electron chi connectivity index (χ0n) is 16.0. The number of hydrogen-bond acceptors (Lipinski definition) is 8. The van der Waals surface area contributed by atoms with Crippen molar-refractivity contribution < 1.29 is 38.4 Å². The third-order valence-corrected chi connectivity index (χ3v) is 4.97. The number of rotatable bonds is 5. The van der Waals surface area contributed by atoms with Crippen LogP contribution in [0.15, 0.2) is 18.2 Å². The number of carbonyl (C=O) groups excluding carboxylic acids is 3. The molecule has 1 aromatic carbocycles. The average Bonchev–Trinajstić information content (AvgIpc) is 2.64. The fourth-order valence-electron chi connectivity index (χ4n) is 3.73. The van der Waals surface area contributed by atoms with Gasteiger partial charge in [-0.05, 0) is 24.6 Å². The smallest absolute Gasteiger partial charge is 0.316 e. The van der Waals surface area contributed by atoms with Gasteiger partial charge in [0.2, 0.25) is 0 Å². The van der Waals surface area contributed by atoms with E-state index in [9.17, 15) is 19.5 Å². The molecule has 1 aromatic rings. The second-order valence-electron chi connectivity index (χ2n) is 6.64. The van der Waals surface area contributed by atoms with E-state index in [1.54, 1.807) is 18.2 Å². The number of carbonyl (C=O) groups is 3. The van der Waals surface area contributed by atoms with Crippen LogP contribution in [-0.2, 0) is 23.9 Å². The Balaban J connectivity index is 2.69. The first-order valence-electron chi connectivity index (χ1n) is 8.34. The van der Waals surface area contributed by atoms with Gasteiger partial charge in [0.25, 0.3) is 0 Å². The standard InChI is InChI=1S/C19H24O8/c1-19(23)9-11(20)15(17(21)26-4)14(16(19)18(22)27-5)10-6-7-12(24-2)13(8-10)25-3/h6-8,14-16,23H,9H2,1-5H3/t14-,15-,16+,19+/m0/s1. The van der Waals surface area contributed by atoms with Crippen molar-refractivity contribution in [1.29, 1.82) is 0 Å². The lowest BCUT2D eigenvalue weighted by atomic mass is 9.61. The lowest BCUT2D eigenvalue weighted by Crippen LogP contribution is -2.55. The van der Waals surface area contributed by atoms with Gasteiger partial charge in [0, 0.05) is 12.3 Å². The van der Waals surface area contributed by atoms with Crippen LogP contribution < -0.4 is 9.47 Å². The number of Topliss-reactive ketones (excluding diaryl/α,β-unsaturated/α-hetero) is 1. The van der Waals surface area contributed by atoms with Crippen LogP contribution in [-0.4, -0.2) is 56.9 Å². The van der Waals surface area contributed by atoms with Crippen LogP contribution in [0.1, 0.15) is 24.8 Å². The van der Waals surface area contributed by atoms with Crippen LogP contribution in [0.4, 0.5) is 0 Å². The van der Waals surface area contributed by atoms with Gasteiger partial charge < -0.3 is 24.1 Å². The molecule has 4 atom stereocenters. The molecule has 1 N–H and O–H groups in total. The van der Waals surface area contributed by atoms with Crippen molar-refractivity contribution in [3.8, 4) is 11.5 Å². The Hall–Kier alpha value is -2.61. The van der Waals surface area contributed by atoms with Gasteiger partial charge in [-0.25, -0.2) is 0 Å². The molecule has 8 nitrogen and oxygen atoms in total. The van der Waals surface area contributed by atoms with Crippen molar-refractivity contribution in [3.05, 3.63) is 23.8 Å². The summed E-state index contributed by atoms with van der Waals surface area (Å²) in [6.07, 6.45) is -0.365. The summed E-state index contributed by atoms with van der Waals surface area (Å²) in [6.45, 7) is 1.38. The topological polar surface area (TPSA) is 108 Å². The third-order valence-electron chi connectivity index (χ3n) is 4.97. The lowest BCUT2D eigenvalue weighted by molar-refractivity contribution is -0.170. The number of hydrogen-bond donors (Lipinski definition) is 1. The largest absolute Gasteiger partial charge is 0.493 e. The van der Waals surface area contributed by atoms with Gasteiger partial charge in [0.05, 0.1) is 40.0 Å². The highest BCUT2D eigenvalue weighted by molar-refractivity contribution is 6.02. The molecule has 1 saturated carbocycles. The molecule has 1 aliphatic carbocycles. The van der Waals surface area contributed by atoms with Crippen molar-refractivity contribution in [3.63, 3.8) is 0 Å². The SMILES string of the molecule is COC(=O)[C@H]1C(=O)C[C@@](C)(O)[C@@H](C(=O)OC)[C@H]1c1ccc(OC)c(OC)c1. The Morgan fingerprint density at radius 1 is 1.04 bits per heavy atom. The maximum Gasteiger partial charge on any atom is 0.316 e. The van der Waals surface area contributed by atoms with E-state index < -0.39 is 41.1 Å². The van der Waals surface area contributed by atoms with Crippen molar-refractivity contribution in [2.24, 2.45) is 11.8 Å². The summed E-state index contributed by atoms with van der Waals surface area (Å²) in [4.78, 5) is 37.5. The fourth-order valence-corrected chi connectivity index (χ4v) is 3.73. The van der Waals surface area contributed by atoms with E-state index in [0.717, 1.165) is 0 Å². The minimum Gasteiger partial charge on any atom is -0.493 e. The van der Waals surface area contributed by atoms with Crippen LogP contribution in [0.5, 0.6) is 11.5 Å². The number of methoxy groups -OCH3 is 4. The highest BCUT2D eigenvalue weighted by Gasteiger charge is 2.57. The Kier molecular flexibility index (Phi) is 6.10. The van der Waals surface area contributed by atoms with Crippen LogP contribution in [0, 0.1) is 11.8 Å². The molecule has 1 aliphatic rings. The molecule has 0 radical (unpaired) electrons. The first-order valence-corrected chi connectivity index (χ1v) is 8.34. The minimum atomic E-state index is -1.69. The first kappa shape index (κ1) is 20.7. The predicted octanol–water partition coefficient (Wildman–Crippen LogP) is 1.09. The molecule has 0 saturated heterocycles. The van der Waals surface area contributed by atoms with Gasteiger partial charge in [-0.3, -0.25) is 14.4 Å². The zero-order valence-corrected chi connectivity index (χ0v) is 16.0. The van der Waals surface area contributed by atoms with E-state index in [4.69, 9.17) is 18.9 Å². The van der Waals surface area contributed by atoms with Gasteiger partial charge >= 0.3 is 11.9 Å². The van der Waals surface area contributed by atoms with E-state index in [-0.39, 0.29) is 6.42 Å². The van der Waals surface area contributed by atoms with Crippen molar-refractivity contribution in [2.75, 3.05) is 28.4 Å². The predicted molar refractivity (Wildman–Crippen MR) is 93.5 cm³/mol. The molecular formula is C19H24O8. The molecule has 0 aromatic heterocycles. The number of esters is 2. The summed E-state index contributed by atoms with van der Waals surface area (Å²) in [5.74, 6) is -4.59. The van der Waals surface area contributed by atoms with E-state index in [2.05, 4.69) is 0 Å². The summed E-state index contributed by atoms with van der Waals surface area (Å²) >= 11 is 0. The Morgan fingerprint density at radius 2 is 1.63 bits per heavy atom. The number of ether oxygens (including phenoxy) is 4. The minimum absolute atomic E-state index is 0.361. The van der Waals surface area contributed by atoms with Gasteiger partial charge in [-0.1, -0.05) is 6.07 Å². The summed E-state index contributed by atoms with van der Waals surface area (Å²) in [6, 6.07) is 4.79. The Bertz CT molecular complexity index is 739. The molecule has 27 heavy (non-hydrogen) atoms. The maximum atomic E-state index is 12.7. The highest BCUT2D eigenvalue weighted by Crippen LogP contribution is 2.47. The van der Waals surface area contributed by atoms with Crippen molar-refractivity contribution in [2.45, 2.75) is 24.9 Å². The Labute approximate surface area is 157 Å². The normalized spacial score (nSPS) is 27.6. The quantitative estimate of drug-likeness (QED) is 0.597. The summed E-state index contributed by atoms with van der Waals surface area (Å²) in [7, 11) is 5.27. The molecule has 0 unspecified atom stereocenters. The number of aliphatic hydroxyl groups is 1. The molecule has 0 amide bonds. The number of benzene rings is 1. The second kappa shape index (κ2) is 7.96. The van der Waals surface area contributed by atoms with Crippen molar-refractivity contribution >= 4 is 17.7 Å². The van der Waals surface area contributed by atoms with E-state index in [1.807, 2.05) is 0 Å². The van der Waals surface area contributed by atoms with Gasteiger partial charge in [-0.15, -0.1) is 0 Å².